The maximum absolute atomic E-state index is 3.45. The standard InChI is InChI=1S/C11H11N/c1-2-4-11-10(3-1)9-6-5-8(9)7-12-11/h1-4,6,8,12H,5,7H2. The van der Waals surface area contributed by atoms with Crippen LogP contribution in [0.5, 0.6) is 0 Å². The monoisotopic (exact) mass is 157 g/mol. The molecule has 0 fully saturated rings. The first-order valence-electron chi connectivity index (χ1n) is 4.48. The number of anilines is 1. The van der Waals surface area contributed by atoms with Crippen LogP contribution in [0.15, 0.2) is 30.3 Å². The Balaban J connectivity index is 2.19. The molecule has 1 N–H and O–H groups in total. The SMILES string of the molecule is C1=C2c3ccccc3NCC2C1. The van der Waals surface area contributed by atoms with Crippen molar-refractivity contribution in [1.29, 1.82) is 0 Å². The van der Waals surface area contributed by atoms with Gasteiger partial charge in [-0.1, -0.05) is 24.3 Å². The first-order valence-corrected chi connectivity index (χ1v) is 4.48. The van der Waals surface area contributed by atoms with Gasteiger partial charge in [-0.3, -0.25) is 0 Å². The predicted molar refractivity (Wildman–Crippen MR) is 51.0 cm³/mol. The maximum Gasteiger partial charge on any atom is 0.0416 e. The maximum atomic E-state index is 3.45. The molecule has 1 unspecified atom stereocenters. The van der Waals surface area contributed by atoms with Crippen LogP contribution in [0.1, 0.15) is 12.0 Å². The van der Waals surface area contributed by atoms with Crippen molar-refractivity contribution >= 4 is 11.3 Å². The minimum absolute atomic E-state index is 0.792. The first kappa shape index (κ1) is 6.30. The Hall–Kier alpha value is -1.24. The van der Waals surface area contributed by atoms with Crippen LogP contribution in [0.2, 0.25) is 0 Å². The van der Waals surface area contributed by atoms with Crippen LogP contribution >= 0.6 is 0 Å². The second kappa shape index (κ2) is 2.13. The van der Waals surface area contributed by atoms with Crippen LogP contribution in [0, 0.1) is 5.92 Å². The van der Waals surface area contributed by atoms with Crippen LogP contribution in [0.25, 0.3) is 5.57 Å². The number of para-hydroxylation sites is 1. The number of allylic oxidation sites excluding steroid dienone is 1. The molecule has 2 aliphatic rings. The van der Waals surface area contributed by atoms with E-state index in [0.717, 1.165) is 12.5 Å². The first-order chi connectivity index (χ1) is 5.95. The molecule has 1 aromatic rings. The van der Waals surface area contributed by atoms with E-state index in [1.54, 1.807) is 5.57 Å². The molecular weight excluding hydrogens is 146 g/mol. The van der Waals surface area contributed by atoms with Crippen molar-refractivity contribution in [2.45, 2.75) is 6.42 Å². The van der Waals surface area contributed by atoms with Gasteiger partial charge in [-0.15, -0.1) is 0 Å². The van der Waals surface area contributed by atoms with Crippen LogP contribution < -0.4 is 5.32 Å². The Morgan fingerprint density at radius 3 is 3.00 bits per heavy atom. The van der Waals surface area contributed by atoms with E-state index >= 15 is 0 Å². The summed E-state index contributed by atoms with van der Waals surface area (Å²) in [6.45, 7) is 1.13. The lowest BCUT2D eigenvalue weighted by atomic mass is 9.77. The van der Waals surface area contributed by atoms with Crippen LogP contribution in [-0.2, 0) is 0 Å². The fraction of sp³-hybridized carbons (Fsp3) is 0.273. The highest BCUT2D eigenvalue weighted by molar-refractivity contribution is 5.83. The second-order valence-electron chi connectivity index (χ2n) is 3.52. The average Bonchev–Trinajstić information content (AvgIpc) is 2.05. The Kier molecular flexibility index (Phi) is 1.12. The van der Waals surface area contributed by atoms with E-state index < -0.39 is 0 Å². The fourth-order valence-corrected chi connectivity index (χ4v) is 2.05. The van der Waals surface area contributed by atoms with Crippen LogP contribution in [-0.4, -0.2) is 6.54 Å². The number of rotatable bonds is 0. The highest BCUT2D eigenvalue weighted by Gasteiger charge is 2.27. The average molecular weight is 157 g/mol. The summed E-state index contributed by atoms with van der Waals surface area (Å²) in [5, 5.41) is 3.45. The van der Waals surface area contributed by atoms with Gasteiger partial charge in [-0.05, 0) is 18.1 Å². The molecule has 3 rings (SSSR count). The van der Waals surface area contributed by atoms with Crippen molar-refractivity contribution in [3.05, 3.63) is 35.9 Å². The minimum Gasteiger partial charge on any atom is -0.384 e. The number of hydrogen-bond donors (Lipinski definition) is 1. The number of hydrogen-bond acceptors (Lipinski definition) is 1. The zero-order chi connectivity index (χ0) is 7.97. The summed E-state index contributed by atoms with van der Waals surface area (Å²) in [7, 11) is 0. The Morgan fingerprint density at radius 1 is 1.25 bits per heavy atom. The lowest BCUT2D eigenvalue weighted by molar-refractivity contribution is 0.658. The van der Waals surface area contributed by atoms with Crippen molar-refractivity contribution < 1.29 is 0 Å². The topological polar surface area (TPSA) is 12.0 Å². The van der Waals surface area contributed by atoms with Gasteiger partial charge in [0.15, 0.2) is 0 Å². The summed E-state index contributed by atoms with van der Waals surface area (Å²) in [6, 6.07) is 8.57. The van der Waals surface area contributed by atoms with Gasteiger partial charge in [0.05, 0.1) is 0 Å². The third-order valence-corrected chi connectivity index (χ3v) is 2.84. The Labute approximate surface area is 72.1 Å². The lowest BCUT2D eigenvalue weighted by Crippen LogP contribution is -2.26. The molecule has 1 aromatic carbocycles. The summed E-state index contributed by atoms with van der Waals surface area (Å²) in [5.41, 5.74) is 4.28. The summed E-state index contributed by atoms with van der Waals surface area (Å²) in [6.07, 6.45) is 3.61. The molecule has 0 radical (unpaired) electrons. The third kappa shape index (κ3) is 0.685. The molecule has 60 valence electrons. The van der Waals surface area contributed by atoms with Gasteiger partial charge in [0.1, 0.15) is 0 Å². The van der Waals surface area contributed by atoms with Gasteiger partial charge >= 0.3 is 0 Å². The van der Waals surface area contributed by atoms with Gasteiger partial charge in [0.25, 0.3) is 0 Å². The summed E-state index contributed by atoms with van der Waals surface area (Å²) >= 11 is 0. The fourth-order valence-electron chi connectivity index (χ4n) is 2.05. The largest absolute Gasteiger partial charge is 0.384 e. The number of benzene rings is 1. The molecule has 0 saturated heterocycles. The highest BCUT2D eigenvalue weighted by Crippen LogP contribution is 2.42. The molecular formula is C11H11N. The van der Waals surface area contributed by atoms with E-state index in [4.69, 9.17) is 0 Å². The van der Waals surface area contributed by atoms with Crippen LogP contribution in [0.3, 0.4) is 0 Å². The Bertz CT molecular complexity index is 352. The molecule has 0 saturated carbocycles. The van der Waals surface area contributed by atoms with Crippen molar-refractivity contribution in [2.24, 2.45) is 5.92 Å². The molecule has 0 bridgehead atoms. The molecule has 0 spiro atoms. The lowest BCUT2D eigenvalue weighted by Gasteiger charge is -2.34. The van der Waals surface area contributed by atoms with Gasteiger partial charge in [0, 0.05) is 23.7 Å². The van der Waals surface area contributed by atoms with E-state index in [-0.39, 0.29) is 0 Å². The number of fused-ring (bicyclic) bond motifs is 3. The Morgan fingerprint density at radius 2 is 2.17 bits per heavy atom. The molecule has 1 aliphatic heterocycles. The molecule has 1 aliphatic carbocycles. The normalized spacial score (nSPS) is 24.3. The van der Waals surface area contributed by atoms with E-state index in [9.17, 15) is 0 Å². The summed E-state index contributed by atoms with van der Waals surface area (Å²) in [4.78, 5) is 0. The second-order valence-corrected chi connectivity index (χ2v) is 3.52. The molecule has 1 atom stereocenters. The minimum atomic E-state index is 0.792. The van der Waals surface area contributed by atoms with Crippen molar-refractivity contribution in [3.63, 3.8) is 0 Å². The van der Waals surface area contributed by atoms with Crippen molar-refractivity contribution in [2.75, 3.05) is 11.9 Å². The van der Waals surface area contributed by atoms with Gasteiger partial charge in [-0.2, -0.15) is 0 Å². The molecule has 1 heterocycles. The van der Waals surface area contributed by atoms with E-state index in [0.29, 0.717) is 0 Å². The third-order valence-electron chi connectivity index (χ3n) is 2.84. The van der Waals surface area contributed by atoms with Crippen molar-refractivity contribution in [3.8, 4) is 0 Å². The zero-order valence-electron chi connectivity index (χ0n) is 6.88. The van der Waals surface area contributed by atoms with Gasteiger partial charge in [0.2, 0.25) is 0 Å². The zero-order valence-corrected chi connectivity index (χ0v) is 6.88. The molecule has 0 amide bonds. The highest BCUT2D eigenvalue weighted by atomic mass is 14.9. The quantitative estimate of drug-likeness (QED) is 0.610. The molecule has 12 heavy (non-hydrogen) atoms. The van der Waals surface area contributed by atoms with E-state index in [2.05, 4.69) is 35.7 Å². The smallest absolute Gasteiger partial charge is 0.0416 e. The molecule has 0 aromatic heterocycles. The van der Waals surface area contributed by atoms with Crippen molar-refractivity contribution in [1.82, 2.24) is 0 Å². The number of nitrogens with one attached hydrogen (secondary N) is 1. The van der Waals surface area contributed by atoms with E-state index in [1.807, 2.05) is 0 Å². The summed E-state index contributed by atoms with van der Waals surface area (Å²) in [5.74, 6) is 0.792. The van der Waals surface area contributed by atoms with Crippen LogP contribution in [0.4, 0.5) is 5.69 Å². The molecule has 1 nitrogen and oxygen atoms in total. The van der Waals surface area contributed by atoms with Gasteiger partial charge in [-0.25, -0.2) is 0 Å². The predicted octanol–water partition coefficient (Wildman–Crippen LogP) is 2.52. The summed E-state index contributed by atoms with van der Waals surface area (Å²) < 4.78 is 0. The van der Waals surface area contributed by atoms with Gasteiger partial charge < -0.3 is 5.32 Å². The van der Waals surface area contributed by atoms with E-state index in [1.165, 1.54) is 17.7 Å². The molecule has 1 heteroatoms.